The van der Waals surface area contributed by atoms with Crippen molar-refractivity contribution in [3.8, 4) is 11.1 Å². The largest absolute Gasteiger partial charge is 0.257 e. The minimum atomic E-state index is -3.42. The highest BCUT2D eigenvalue weighted by atomic mass is 28.3. The Morgan fingerprint density at radius 2 is 0.680 bits per heavy atom. The van der Waals surface area contributed by atoms with Gasteiger partial charge in [-0.3, -0.25) is 0 Å². The van der Waals surface area contributed by atoms with E-state index >= 15 is 70.2 Å². The third kappa shape index (κ3) is 7.70. The van der Waals surface area contributed by atoms with Crippen molar-refractivity contribution in [2.45, 2.75) is 65.5 Å². The quantitative estimate of drug-likeness (QED) is 0.0512. The van der Waals surface area contributed by atoms with Crippen molar-refractivity contribution < 1.29 is 79.0 Å². The summed E-state index contributed by atoms with van der Waals surface area (Å²) in [6, 6.07) is 12.8. The van der Waals surface area contributed by atoms with Gasteiger partial charge < -0.3 is 0 Å². The number of hydrogen-bond acceptors (Lipinski definition) is 0. The van der Waals surface area contributed by atoms with Crippen molar-refractivity contribution in [3.05, 3.63) is 177 Å². The van der Waals surface area contributed by atoms with Crippen LogP contribution in [0.3, 0.4) is 0 Å². The number of benzene rings is 8. The predicted octanol–water partition coefficient (Wildman–Crippen LogP) is 10.9. The van der Waals surface area contributed by atoms with Crippen molar-refractivity contribution >= 4 is 86.2 Å². The zero-order chi connectivity index (χ0) is 55.4. The highest BCUT2D eigenvalue weighted by Crippen LogP contribution is 2.39. The van der Waals surface area contributed by atoms with E-state index in [9.17, 15) is 8.78 Å². The van der Waals surface area contributed by atoms with E-state index in [0.717, 1.165) is 24.3 Å². The molecule has 0 radical (unpaired) electrons. The topological polar surface area (TPSA) is 0 Å². The maximum atomic E-state index is 16.4. The van der Waals surface area contributed by atoms with Gasteiger partial charge in [-0.25, -0.2) is 79.0 Å². The zero-order valence-electron chi connectivity index (χ0n) is 40.2. The van der Waals surface area contributed by atoms with Gasteiger partial charge >= 0.3 is 0 Å². The summed E-state index contributed by atoms with van der Waals surface area (Å²) in [7, 11) is -3.42. The summed E-state index contributed by atoms with van der Waals surface area (Å²) < 4.78 is 282. The van der Waals surface area contributed by atoms with Crippen LogP contribution in [0.25, 0.3) is 32.7 Å². The van der Waals surface area contributed by atoms with Crippen LogP contribution in [0.1, 0.15) is 52.7 Å². The summed E-state index contributed by atoms with van der Waals surface area (Å²) in [4.78, 5) is 0. The van der Waals surface area contributed by atoms with E-state index in [0.29, 0.717) is 16.1 Å². The van der Waals surface area contributed by atoms with Gasteiger partial charge in [-0.15, -0.1) is 0 Å². The van der Waals surface area contributed by atoms with Gasteiger partial charge in [0.05, 0.1) is 0 Å². The average Bonchev–Trinajstić information content (AvgIpc) is 3.35. The molecule has 0 aromatic heterocycles. The molecule has 0 saturated heterocycles. The minimum Gasteiger partial charge on any atom is -0.204 e. The summed E-state index contributed by atoms with van der Waals surface area (Å²) in [6.07, 6.45) is 0. The van der Waals surface area contributed by atoms with Crippen LogP contribution >= 0.6 is 0 Å². The Kier molecular flexibility index (Phi) is 12.6. The van der Waals surface area contributed by atoms with Crippen LogP contribution in [0.2, 0.25) is 13.1 Å². The molecular weight excluding hydrogens is 1040 g/mol. The van der Waals surface area contributed by atoms with Crippen molar-refractivity contribution in [1.29, 1.82) is 0 Å². The summed E-state index contributed by atoms with van der Waals surface area (Å²) >= 11 is 0. The lowest BCUT2D eigenvalue weighted by Crippen LogP contribution is -2.61. The standard InChI is InChI=1S/C54H34B2F18Si/c1-53(2,3)29-35(57)39(61)31(40(62)36(29)58)55(33-43(65)47(69)51(73)48(70)44(33)66)20-13-12-19-16-25-22-15-14-21(18-27(22)75(7,8)26-11-9-10-23(28(25)26)24(19)17-20)56(34-45(67)49(71)52(74)50(72)46(34)68)32-41(63)37(59)30(54(4,5)6)38(60)42(32)64/h9-18H,1-8H3. The molecule has 75 heavy (non-hydrogen) atoms. The number of hydrogen-bond donors (Lipinski definition) is 0. The van der Waals surface area contributed by atoms with Gasteiger partial charge in [-0.2, -0.15) is 0 Å². The fourth-order valence-electron chi connectivity index (χ4n) is 10.6. The molecule has 1 aliphatic rings. The van der Waals surface area contributed by atoms with E-state index in [-0.39, 0.29) is 26.9 Å². The predicted molar refractivity (Wildman–Crippen MR) is 255 cm³/mol. The first-order valence-electron chi connectivity index (χ1n) is 22.7. The molecule has 8 aromatic carbocycles. The van der Waals surface area contributed by atoms with Crippen LogP contribution < -0.4 is 43.2 Å². The second-order valence-electron chi connectivity index (χ2n) is 21.0. The lowest BCUT2D eigenvalue weighted by molar-refractivity contribution is 0.384. The second-order valence-corrected chi connectivity index (χ2v) is 25.3. The van der Waals surface area contributed by atoms with Gasteiger partial charge in [-0.05, 0) is 59.9 Å². The Morgan fingerprint density at radius 3 is 1.07 bits per heavy atom. The van der Waals surface area contributed by atoms with E-state index in [4.69, 9.17) is 0 Å². The Hall–Kier alpha value is -6.63. The van der Waals surface area contributed by atoms with Gasteiger partial charge in [0.25, 0.3) is 13.4 Å². The summed E-state index contributed by atoms with van der Waals surface area (Å²) in [5.41, 5.74) is -13.2. The molecule has 0 atom stereocenters. The second kappa shape index (κ2) is 17.7. The molecule has 0 spiro atoms. The monoisotopic (exact) mass is 1070 g/mol. The van der Waals surface area contributed by atoms with Gasteiger partial charge in [0.1, 0.15) is 8.07 Å². The summed E-state index contributed by atoms with van der Waals surface area (Å²) in [5, 5.41) is 1.67. The van der Waals surface area contributed by atoms with E-state index < -0.39 is 181 Å². The van der Waals surface area contributed by atoms with Crippen LogP contribution in [0.5, 0.6) is 0 Å². The molecule has 0 saturated carbocycles. The molecule has 0 amide bonds. The third-order valence-electron chi connectivity index (χ3n) is 14.1. The minimum absolute atomic E-state index is 0.0833. The van der Waals surface area contributed by atoms with Gasteiger partial charge in [-0.1, -0.05) is 120 Å². The van der Waals surface area contributed by atoms with E-state index in [1.165, 1.54) is 71.9 Å². The van der Waals surface area contributed by atoms with E-state index in [2.05, 4.69) is 0 Å². The third-order valence-corrected chi connectivity index (χ3v) is 17.6. The average molecular weight is 1070 g/mol. The molecule has 0 N–H and O–H groups in total. The Morgan fingerprint density at radius 1 is 0.333 bits per heavy atom. The fraction of sp³-hybridized carbons (Fsp3) is 0.185. The highest BCUT2D eigenvalue weighted by Gasteiger charge is 2.45. The summed E-state index contributed by atoms with van der Waals surface area (Å²) in [5.74, 6) is -42.4. The first-order chi connectivity index (χ1) is 34.8. The van der Waals surface area contributed by atoms with E-state index in [1.54, 1.807) is 19.2 Å². The van der Waals surface area contributed by atoms with Crippen molar-refractivity contribution in [2.75, 3.05) is 0 Å². The molecule has 0 aliphatic carbocycles. The van der Waals surface area contributed by atoms with Crippen LogP contribution in [0.15, 0.2) is 60.7 Å². The number of fused-ring (bicyclic) bond motifs is 4. The normalized spacial score (nSPS) is 13.3. The highest BCUT2D eigenvalue weighted by molar-refractivity contribution is 7.04. The summed E-state index contributed by atoms with van der Waals surface area (Å²) in [6.45, 7) is 5.07. The molecule has 1 heterocycles. The fourth-order valence-corrected chi connectivity index (χ4v) is 13.7. The number of rotatable bonds is 6. The molecule has 8 aromatic rings. The Bertz CT molecular complexity index is 3720. The molecule has 0 unspecified atom stereocenters. The molecule has 1 aliphatic heterocycles. The SMILES string of the molecule is CC(C)(C)c1c(F)c(F)c(B(c2ccc3c(c2)[Si](C)(C)c2cccc4c2c-3cc2ccc(B(c3c(F)c(F)c(F)c(F)c3F)c3c(F)c(F)c(C(C)(C)C)c(F)c3F)cc24)c2c(F)c(F)c(F)c(F)c2F)c(F)c1F. The van der Waals surface area contributed by atoms with Gasteiger partial charge in [0.2, 0.25) is 0 Å². The van der Waals surface area contributed by atoms with Crippen molar-refractivity contribution in [3.63, 3.8) is 0 Å². The zero-order valence-corrected chi connectivity index (χ0v) is 41.2. The molecule has 0 fully saturated rings. The first kappa shape index (κ1) is 53.2. The maximum absolute atomic E-state index is 16.4. The lowest BCUT2D eigenvalue weighted by atomic mass is 9.36. The van der Waals surface area contributed by atoms with Gasteiger partial charge in [0.15, 0.2) is 105 Å². The van der Waals surface area contributed by atoms with Crippen molar-refractivity contribution in [1.82, 2.24) is 0 Å². The molecule has 0 nitrogen and oxygen atoms in total. The Balaban J connectivity index is 1.32. The smallest absolute Gasteiger partial charge is 0.204 e. The molecule has 21 heteroatoms. The first-order valence-corrected chi connectivity index (χ1v) is 25.7. The van der Waals surface area contributed by atoms with Crippen LogP contribution in [-0.4, -0.2) is 21.5 Å². The van der Waals surface area contributed by atoms with Crippen LogP contribution in [0, 0.1) is 105 Å². The van der Waals surface area contributed by atoms with Crippen LogP contribution in [0.4, 0.5) is 79.0 Å². The molecule has 9 rings (SSSR count). The molecule has 0 bridgehead atoms. The van der Waals surface area contributed by atoms with E-state index in [1.807, 2.05) is 0 Å². The van der Waals surface area contributed by atoms with Crippen LogP contribution in [-0.2, 0) is 10.8 Å². The molecule has 386 valence electrons. The maximum Gasteiger partial charge on any atom is 0.257 e. The van der Waals surface area contributed by atoms with Crippen molar-refractivity contribution in [2.24, 2.45) is 0 Å². The van der Waals surface area contributed by atoms with Gasteiger partial charge in [0, 0.05) is 33.0 Å². The lowest BCUT2D eigenvalue weighted by Gasteiger charge is -2.35. The number of halogens is 18. The molecular formula is C54H34B2F18Si. The Labute approximate surface area is 417 Å².